The lowest BCUT2D eigenvalue weighted by Gasteiger charge is -2.07. The maximum absolute atomic E-state index is 12.2. The number of fused-ring (bicyclic) bond motifs is 3. The van der Waals surface area contributed by atoms with Gasteiger partial charge in [0.15, 0.2) is 11.5 Å². The zero-order chi connectivity index (χ0) is 16.0. The molecule has 0 saturated carbocycles. The number of para-hydroxylation sites is 1. The van der Waals surface area contributed by atoms with Gasteiger partial charge in [0.2, 0.25) is 0 Å². The molecule has 5 nitrogen and oxygen atoms in total. The molecule has 1 aromatic heterocycles. The van der Waals surface area contributed by atoms with Crippen molar-refractivity contribution in [3.05, 3.63) is 64.2 Å². The van der Waals surface area contributed by atoms with Crippen molar-refractivity contribution in [1.82, 2.24) is 9.55 Å². The Balaban J connectivity index is 1.89. The van der Waals surface area contributed by atoms with Crippen LogP contribution in [0.4, 0.5) is 0 Å². The first kappa shape index (κ1) is 13.6. The van der Waals surface area contributed by atoms with E-state index in [1.165, 1.54) is 12.1 Å². The van der Waals surface area contributed by atoms with Crippen LogP contribution in [0.2, 0.25) is 0 Å². The van der Waals surface area contributed by atoms with Gasteiger partial charge in [0.1, 0.15) is 5.82 Å². The minimum Gasteiger partial charge on any atom is -0.504 e. The molecule has 5 heteroatoms. The molecule has 1 aliphatic heterocycles. The number of aryl methyl sites for hydroxylation is 1. The van der Waals surface area contributed by atoms with Crippen molar-refractivity contribution in [3.63, 3.8) is 0 Å². The molecule has 3 aromatic rings. The van der Waals surface area contributed by atoms with Crippen LogP contribution in [-0.4, -0.2) is 19.8 Å². The second-order valence-electron chi connectivity index (χ2n) is 5.58. The van der Waals surface area contributed by atoms with Crippen molar-refractivity contribution in [3.8, 4) is 11.5 Å². The van der Waals surface area contributed by atoms with E-state index in [4.69, 9.17) is 0 Å². The van der Waals surface area contributed by atoms with Crippen LogP contribution in [-0.2, 0) is 6.54 Å². The molecule has 0 fully saturated rings. The summed E-state index contributed by atoms with van der Waals surface area (Å²) in [4.78, 5) is 16.4. The summed E-state index contributed by atoms with van der Waals surface area (Å²) in [6.45, 7) is 0.763. The van der Waals surface area contributed by atoms with E-state index in [1.54, 1.807) is 12.1 Å². The highest BCUT2D eigenvalue weighted by Gasteiger charge is 2.20. The van der Waals surface area contributed by atoms with Gasteiger partial charge in [-0.2, -0.15) is 4.98 Å². The summed E-state index contributed by atoms with van der Waals surface area (Å²) < 4.78 is 2.04. The lowest BCUT2D eigenvalue weighted by atomic mass is 10.1. The lowest BCUT2D eigenvalue weighted by Crippen LogP contribution is -2.14. The summed E-state index contributed by atoms with van der Waals surface area (Å²) >= 11 is 0. The van der Waals surface area contributed by atoms with Gasteiger partial charge in [-0.1, -0.05) is 18.2 Å². The largest absolute Gasteiger partial charge is 0.504 e. The summed E-state index contributed by atoms with van der Waals surface area (Å²) in [6, 6.07) is 12.1. The van der Waals surface area contributed by atoms with Crippen LogP contribution in [0.3, 0.4) is 0 Å². The van der Waals surface area contributed by atoms with Gasteiger partial charge in [-0.05, 0) is 47.9 Å². The van der Waals surface area contributed by atoms with Crippen molar-refractivity contribution in [2.24, 2.45) is 0 Å². The molecule has 0 atom stereocenters. The normalized spacial score (nSPS) is 15.2. The Morgan fingerprint density at radius 2 is 1.91 bits per heavy atom. The molecular weight excluding hydrogens is 292 g/mol. The fourth-order valence-corrected chi connectivity index (χ4v) is 3.00. The van der Waals surface area contributed by atoms with Crippen molar-refractivity contribution in [1.29, 1.82) is 0 Å². The van der Waals surface area contributed by atoms with E-state index in [0.29, 0.717) is 11.2 Å². The molecule has 0 amide bonds. The minimum atomic E-state index is -0.229. The summed E-state index contributed by atoms with van der Waals surface area (Å²) in [5.74, 6) is 0.349. The highest BCUT2D eigenvalue weighted by Crippen LogP contribution is 2.31. The maximum Gasteiger partial charge on any atom is 0.281 e. The fraction of sp³-hybridized carbons (Fsp3) is 0.111. The van der Waals surface area contributed by atoms with Crippen LogP contribution in [0, 0.1) is 0 Å². The molecule has 4 rings (SSSR count). The Bertz CT molecular complexity index is 1020. The number of hydrogen-bond donors (Lipinski definition) is 2. The predicted octanol–water partition coefficient (Wildman–Crippen LogP) is 2.75. The number of nitrogens with zero attached hydrogens (tertiary/aromatic N) is 2. The van der Waals surface area contributed by atoms with E-state index in [2.05, 4.69) is 4.98 Å². The maximum atomic E-state index is 12.2. The van der Waals surface area contributed by atoms with Crippen molar-refractivity contribution < 1.29 is 10.2 Å². The van der Waals surface area contributed by atoms with Crippen LogP contribution in [0.25, 0.3) is 22.6 Å². The monoisotopic (exact) mass is 306 g/mol. The average Bonchev–Trinajstić information content (AvgIpc) is 2.94. The predicted molar refractivity (Wildman–Crippen MR) is 88.3 cm³/mol. The van der Waals surface area contributed by atoms with E-state index >= 15 is 0 Å². The van der Waals surface area contributed by atoms with E-state index in [9.17, 15) is 15.0 Å². The van der Waals surface area contributed by atoms with E-state index in [1.807, 2.05) is 28.8 Å². The Morgan fingerprint density at radius 3 is 2.74 bits per heavy atom. The number of aromatic hydroxyl groups is 2. The number of phenols is 2. The molecule has 0 spiro atoms. The molecular formula is C18H14N2O3. The fourth-order valence-electron chi connectivity index (χ4n) is 3.00. The quantitative estimate of drug-likeness (QED) is 0.678. The topological polar surface area (TPSA) is 75.4 Å². The number of aromatic nitrogens is 2. The first-order valence-electron chi connectivity index (χ1n) is 7.36. The van der Waals surface area contributed by atoms with Crippen molar-refractivity contribution in [2.45, 2.75) is 13.0 Å². The molecule has 0 unspecified atom stereocenters. The van der Waals surface area contributed by atoms with Crippen LogP contribution in [0.15, 0.2) is 47.3 Å². The molecule has 23 heavy (non-hydrogen) atoms. The van der Waals surface area contributed by atoms with E-state index in [-0.39, 0.29) is 17.1 Å². The molecule has 0 radical (unpaired) electrons. The highest BCUT2D eigenvalue weighted by atomic mass is 16.3. The molecule has 0 aliphatic carbocycles. The Labute approximate surface area is 131 Å². The molecule has 0 saturated heterocycles. The van der Waals surface area contributed by atoms with Gasteiger partial charge in [-0.15, -0.1) is 0 Å². The van der Waals surface area contributed by atoms with Crippen LogP contribution in [0.1, 0.15) is 17.8 Å². The summed E-state index contributed by atoms with van der Waals surface area (Å²) in [5, 5.41) is 19.6. The minimum absolute atomic E-state index is 0.153. The van der Waals surface area contributed by atoms with E-state index in [0.717, 1.165) is 29.6 Å². The van der Waals surface area contributed by atoms with Crippen LogP contribution < -0.4 is 5.56 Å². The summed E-state index contributed by atoms with van der Waals surface area (Å²) in [6.07, 6.45) is 2.65. The molecule has 0 bridgehead atoms. The van der Waals surface area contributed by atoms with Crippen molar-refractivity contribution in [2.75, 3.05) is 0 Å². The van der Waals surface area contributed by atoms with Gasteiger partial charge in [0.05, 0.1) is 10.9 Å². The van der Waals surface area contributed by atoms with Crippen LogP contribution in [0.5, 0.6) is 11.5 Å². The summed E-state index contributed by atoms with van der Waals surface area (Å²) in [7, 11) is 0. The SMILES string of the molecule is O=c1nc2n(c3ccccc13)CC/C2=C/c1ccc(O)c(O)c1. The Kier molecular flexibility index (Phi) is 2.94. The molecule has 2 aromatic carbocycles. The van der Waals surface area contributed by atoms with Crippen molar-refractivity contribution >= 4 is 22.6 Å². The molecule has 2 N–H and O–H groups in total. The average molecular weight is 306 g/mol. The number of allylic oxidation sites excluding steroid dienone is 1. The van der Waals surface area contributed by atoms with Gasteiger partial charge >= 0.3 is 0 Å². The third-order valence-electron chi connectivity index (χ3n) is 4.12. The Hall–Kier alpha value is -3.08. The zero-order valence-electron chi connectivity index (χ0n) is 12.2. The Morgan fingerprint density at radius 1 is 1.09 bits per heavy atom. The van der Waals surface area contributed by atoms with Gasteiger partial charge in [0.25, 0.3) is 5.56 Å². The van der Waals surface area contributed by atoms with Crippen LogP contribution >= 0.6 is 0 Å². The van der Waals surface area contributed by atoms with E-state index < -0.39 is 0 Å². The second kappa shape index (κ2) is 4.98. The summed E-state index contributed by atoms with van der Waals surface area (Å²) in [5.41, 5.74) is 2.36. The number of benzene rings is 2. The molecule has 2 heterocycles. The number of hydrogen-bond acceptors (Lipinski definition) is 4. The number of phenolic OH excluding ortho intramolecular Hbond substituents is 2. The third kappa shape index (κ3) is 2.17. The van der Waals surface area contributed by atoms with Gasteiger partial charge < -0.3 is 14.8 Å². The first-order valence-corrected chi connectivity index (χ1v) is 7.36. The zero-order valence-corrected chi connectivity index (χ0v) is 12.2. The van der Waals surface area contributed by atoms with Gasteiger partial charge in [-0.25, -0.2) is 0 Å². The second-order valence-corrected chi connectivity index (χ2v) is 5.58. The number of rotatable bonds is 1. The van der Waals surface area contributed by atoms with Gasteiger partial charge in [-0.3, -0.25) is 4.79 Å². The molecule has 114 valence electrons. The smallest absolute Gasteiger partial charge is 0.281 e. The standard InChI is InChI=1S/C18H14N2O3/c21-15-6-5-11(10-16(15)22)9-12-7-8-20-14-4-2-1-3-13(14)18(23)19-17(12)20/h1-6,9-10,21-22H,7-8H2/b12-9-. The lowest BCUT2D eigenvalue weighted by molar-refractivity contribution is 0.403. The molecule has 1 aliphatic rings. The van der Waals surface area contributed by atoms with Gasteiger partial charge in [0, 0.05) is 6.54 Å². The first-order chi connectivity index (χ1) is 11.1. The highest BCUT2D eigenvalue weighted by molar-refractivity contribution is 5.85. The third-order valence-corrected chi connectivity index (χ3v) is 4.12.